The lowest BCUT2D eigenvalue weighted by atomic mass is 9.72. The van der Waals surface area contributed by atoms with Crippen molar-refractivity contribution in [3.8, 4) is 11.5 Å². The molecular formula is C24H26Cl3N3O3. The van der Waals surface area contributed by atoms with Gasteiger partial charge in [0.15, 0.2) is 0 Å². The average molecular weight is 511 g/mol. The highest BCUT2D eigenvalue weighted by atomic mass is 35.5. The van der Waals surface area contributed by atoms with E-state index in [1.54, 1.807) is 26.4 Å². The van der Waals surface area contributed by atoms with Gasteiger partial charge in [0.05, 0.1) is 30.3 Å². The fourth-order valence-electron chi connectivity index (χ4n) is 4.99. The number of amides is 1. The SMILES string of the molecule is C=CC(=O)Nc1cc(Cl)ccc1C1NNC2C[C@@H](c3c(Cl)c(OC)cc(OC)c3Cl)CCC21. The quantitative estimate of drug-likeness (QED) is 0.423. The van der Waals surface area contributed by atoms with Gasteiger partial charge in [-0.3, -0.25) is 10.2 Å². The summed E-state index contributed by atoms with van der Waals surface area (Å²) in [4.78, 5) is 12.0. The molecule has 2 fully saturated rings. The number of hydrazine groups is 1. The molecular weight excluding hydrogens is 485 g/mol. The highest BCUT2D eigenvalue weighted by Crippen LogP contribution is 2.51. The molecule has 0 radical (unpaired) electrons. The van der Waals surface area contributed by atoms with Crippen molar-refractivity contribution >= 4 is 46.4 Å². The van der Waals surface area contributed by atoms with Crippen LogP contribution in [0.1, 0.15) is 42.3 Å². The summed E-state index contributed by atoms with van der Waals surface area (Å²) in [5.74, 6) is 1.28. The summed E-state index contributed by atoms with van der Waals surface area (Å²) in [6, 6.07) is 7.47. The van der Waals surface area contributed by atoms with E-state index in [0.29, 0.717) is 38.2 Å². The molecule has 9 heteroatoms. The number of anilines is 1. The Hall–Kier alpha value is -1.96. The van der Waals surface area contributed by atoms with Crippen LogP contribution in [0.5, 0.6) is 11.5 Å². The number of nitrogens with one attached hydrogen (secondary N) is 3. The van der Waals surface area contributed by atoms with Crippen LogP contribution in [0.15, 0.2) is 36.9 Å². The van der Waals surface area contributed by atoms with Gasteiger partial charge in [-0.25, -0.2) is 5.43 Å². The van der Waals surface area contributed by atoms with E-state index in [2.05, 4.69) is 22.7 Å². The number of fused-ring (bicyclic) bond motifs is 1. The summed E-state index contributed by atoms with van der Waals surface area (Å²) < 4.78 is 10.9. The number of rotatable bonds is 6. The van der Waals surface area contributed by atoms with Crippen molar-refractivity contribution in [1.82, 2.24) is 10.9 Å². The Morgan fingerprint density at radius 1 is 1.09 bits per heavy atom. The van der Waals surface area contributed by atoms with Crippen LogP contribution in [0.4, 0.5) is 5.69 Å². The fraction of sp³-hybridized carbons (Fsp3) is 0.375. The summed E-state index contributed by atoms with van der Waals surface area (Å²) in [7, 11) is 3.16. The number of methoxy groups -OCH3 is 2. The molecule has 3 N–H and O–H groups in total. The molecule has 0 bridgehead atoms. The maximum atomic E-state index is 12.0. The first-order valence-corrected chi connectivity index (χ1v) is 11.8. The van der Waals surface area contributed by atoms with Gasteiger partial charge in [0.2, 0.25) is 5.91 Å². The van der Waals surface area contributed by atoms with Crippen LogP contribution in [0.3, 0.4) is 0 Å². The summed E-state index contributed by atoms with van der Waals surface area (Å²) in [6.45, 7) is 3.54. The van der Waals surface area contributed by atoms with E-state index in [0.717, 1.165) is 30.4 Å². The van der Waals surface area contributed by atoms with Crippen LogP contribution in [-0.2, 0) is 4.79 Å². The maximum Gasteiger partial charge on any atom is 0.247 e. The van der Waals surface area contributed by atoms with Gasteiger partial charge in [-0.2, -0.15) is 0 Å². The van der Waals surface area contributed by atoms with Crippen LogP contribution in [0.2, 0.25) is 15.1 Å². The predicted octanol–water partition coefficient (Wildman–Crippen LogP) is 5.89. The summed E-state index contributed by atoms with van der Waals surface area (Å²) in [5.41, 5.74) is 9.40. The first-order chi connectivity index (χ1) is 15.9. The first-order valence-electron chi connectivity index (χ1n) is 10.7. The molecule has 0 spiro atoms. The minimum atomic E-state index is -0.277. The number of ether oxygens (including phenoxy) is 2. The third-order valence-electron chi connectivity index (χ3n) is 6.57. The molecule has 1 saturated heterocycles. The predicted molar refractivity (Wildman–Crippen MR) is 133 cm³/mol. The topological polar surface area (TPSA) is 71.6 Å². The van der Waals surface area contributed by atoms with Crippen LogP contribution in [-0.4, -0.2) is 26.2 Å². The molecule has 1 aliphatic heterocycles. The Labute approximate surface area is 208 Å². The van der Waals surface area contributed by atoms with Gasteiger partial charge in [0, 0.05) is 28.4 Å². The Kier molecular flexibility index (Phi) is 7.41. The number of carbonyl (C=O) groups is 1. The smallest absolute Gasteiger partial charge is 0.247 e. The summed E-state index contributed by atoms with van der Waals surface area (Å²) >= 11 is 19.6. The van der Waals surface area contributed by atoms with E-state index < -0.39 is 0 Å². The van der Waals surface area contributed by atoms with Gasteiger partial charge in [-0.1, -0.05) is 47.4 Å². The van der Waals surface area contributed by atoms with E-state index in [-0.39, 0.29) is 23.9 Å². The standard InChI is InChI=1S/C24H26Cl3N3O3/c1-4-20(31)28-16-10-13(25)6-8-14(16)24-15-7-5-12(9-17(15)29-30-24)21-22(26)18(32-2)11-19(33-3)23(21)27/h4,6,8,10-12,15,17,24,29-30H,1,5,7,9H2,2-3H3,(H,28,31)/t12-,15?,17?,24?/m0/s1. The molecule has 1 heterocycles. The van der Waals surface area contributed by atoms with E-state index in [4.69, 9.17) is 44.3 Å². The van der Waals surface area contributed by atoms with Crippen molar-refractivity contribution < 1.29 is 14.3 Å². The molecule has 2 aromatic carbocycles. The van der Waals surface area contributed by atoms with Gasteiger partial charge in [-0.05, 0) is 54.9 Å². The van der Waals surface area contributed by atoms with E-state index in [1.807, 2.05) is 12.1 Å². The first kappa shape index (κ1) is 24.2. The zero-order valence-electron chi connectivity index (χ0n) is 18.4. The van der Waals surface area contributed by atoms with Crippen molar-refractivity contribution in [2.45, 2.75) is 37.3 Å². The molecule has 33 heavy (non-hydrogen) atoms. The highest BCUT2D eigenvalue weighted by molar-refractivity contribution is 6.38. The normalized spacial score (nSPS) is 24.2. The van der Waals surface area contributed by atoms with Gasteiger partial charge in [0.1, 0.15) is 11.5 Å². The zero-order valence-corrected chi connectivity index (χ0v) is 20.7. The fourth-order valence-corrected chi connectivity index (χ4v) is 5.97. The number of hydrogen-bond acceptors (Lipinski definition) is 5. The monoisotopic (exact) mass is 509 g/mol. The third kappa shape index (κ3) is 4.68. The second-order valence-corrected chi connectivity index (χ2v) is 9.49. The molecule has 1 saturated carbocycles. The maximum absolute atomic E-state index is 12.0. The number of hydrogen-bond donors (Lipinski definition) is 3. The lowest BCUT2D eigenvalue weighted by Gasteiger charge is -2.34. The molecule has 4 rings (SSSR count). The Morgan fingerprint density at radius 3 is 2.42 bits per heavy atom. The van der Waals surface area contributed by atoms with Crippen molar-refractivity contribution in [1.29, 1.82) is 0 Å². The molecule has 1 amide bonds. The molecule has 4 atom stereocenters. The van der Waals surface area contributed by atoms with Crippen LogP contribution < -0.4 is 25.6 Å². The summed E-state index contributed by atoms with van der Waals surface area (Å²) in [6.07, 6.45) is 3.92. The van der Waals surface area contributed by atoms with Crippen molar-refractivity contribution in [2.24, 2.45) is 5.92 Å². The summed E-state index contributed by atoms with van der Waals surface area (Å²) in [5, 5.41) is 4.49. The van der Waals surface area contributed by atoms with E-state index >= 15 is 0 Å². The second kappa shape index (κ2) is 10.1. The minimum absolute atomic E-state index is 0.0131. The molecule has 2 aliphatic rings. The minimum Gasteiger partial charge on any atom is -0.495 e. The largest absolute Gasteiger partial charge is 0.495 e. The van der Waals surface area contributed by atoms with Crippen LogP contribution in [0, 0.1) is 5.92 Å². The number of halogens is 3. The van der Waals surface area contributed by atoms with Crippen molar-refractivity contribution in [3.05, 3.63) is 63.1 Å². The van der Waals surface area contributed by atoms with Gasteiger partial charge >= 0.3 is 0 Å². The van der Waals surface area contributed by atoms with Gasteiger partial charge in [-0.15, -0.1) is 0 Å². The highest BCUT2D eigenvalue weighted by Gasteiger charge is 2.43. The molecule has 6 nitrogen and oxygen atoms in total. The van der Waals surface area contributed by atoms with Crippen LogP contribution in [0.25, 0.3) is 0 Å². The van der Waals surface area contributed by atoms with E-state index in [9.17, 15) is 4.79 Å². The molecule has 176 valence electrons. The Morgan fingerprint density at radius 2 is 1.79 bits per heavy atom. The molecule has 1 aliphatic carbocycles. The lowest BCUT2D eigenvalue weighted by Crippen LogP contribution is -2.35. The Balaban J connectivity index is 1.60. The van der Waals surface area contributed by atoms with Crippen molar-refractivity contribution in [3.63, 3.8) is 0 Å². The second-order valence-electron chi connectivity index (χ2n) is 8.29. The number of carbonyl (C=O) groups excluding carboxylic acids is 1. The molecule has 0 aromatic heterocycles. The lowest BCUT2D eigenvalue weighted by molar-refractivity contribution is -0.111. The van der Waals surface area contributed by atoms with Gasteiger partial charge in [0.25, 0.3) is 0 Å². The van der Waals surface area contributed by atoms with Crippen molar-refractivity contribution in [2.75, 3.05) is 19.5 Å². The van der Waals surface area contributed by atoms with Crippen LogP contribution >= 0.6 is 34.8 Å². The molecule has 2 aromatic rings. The third-order valence-corrected chi connectivity index (χ3v) is 7.58. The van der Waals surface area contributed by atoms with Gasteiger partial charge < -0.3 is 14.8 Å². The Bertz CT molecular complexity index is 1050. The molecule has 3 unspecified atom stereocenters. The van der Waals surface area contributed by atoms with E-state index in [1.165, 1.54) is 6.08 Å². The average Bonchev–Trinajstić information content (AvgIpc) is 3.22. The zero-order chi connectivity index (χ0) is 23.7. The number of benzene rings is 2.